The van der Waals surface area contributed by atoms with Gasteiger partial charge in [-0.25, -0.2) is 19.2 Å². The highest BCUT2D eigenvalue weighted by Gasteiger charge is 2.36. The van der Waals surface area contributed by atoms with Crippen LogP contribution in [0.5, 0.6) is 0 Å². The van der Waals surface area contributed by atoms with E-state index in [0.717, 1.165) is 31.4 Å². The minimum Gasteiger partial charge on any atom is -0.461 e. The summed E-state index contributed by atoms with van der Waals surface area (Å²) in [4.78, 5) is 71.3. The molecule has 0 radical (unpaired) electrons. The second-order valence-corrected chi connectivity index (χ2v) is 8.82. The molecule has 0 bridgehead atoms. The number of carbonyl (C=O) groups is 6. The molecule has 0 aliphatic heterocycles. The van der Waals surface area contributed by atoms with Crippen molar-refractivity contribution in [2.24, 2.45) is 11.8 Å². The molecule has 0 N–H and O–H groups in total. The van der Waals surface area contributed by atoms with Crippen molar-refractivity contribution in [2.45, 2.75) is 38.1 Å². The third kappa shape index (κ3) is 12.8. The second-order valence-electron chi connectivity index (χ2n) is 8.82. The van der Waals surface area contributed by atoms with Crippen molar-refractivity contribution in [3.05, 3.63) is 25.3 Å². The van der Waals surface area contributed by atoms with Crippen LogP contribution < -0.4 is 0 Å². The zero-order chi connectivity index (χ0) is 29.9. The molecule has 1 aliphatic rings. The molecule has 0 aromatic heterocycles. The van der Waals surface area contributed by atoms with E-state index in [9.17, 15) is 28.8 Å². The molecule has 224 valence electrons. The topological polar surface area (TPSA) is 164 Å². The first-order chi connectivity index (χ1) is 19.2. The molecule has 1 rings (SSSR count). The van der Waals surface area contributed by atoms with E-state index in [4.69, 9.17) is 18.9 Å². The smallest absolute Gasteiger partial charge is 0.344 e. The quantitative estimate of drug-likeness (QED) is 0.0488. The fourth-order valence-corrected chi connectivity index (χ4v) is 4.19. The van der Waals surface area contributed by atoms with Crippen molar-refractivity contribution in [3.63, 3.8) is 0 Å². The molecule has 0 saturated heterocycles. The monoisotopic (exact) mass is 570 g/mol. The number of amides is 2. The fraction of sp³-hybridized carbons (Fsp3) is 0.615. The van der Waals surface area contributed by atoms with Gasteiger partial charge in [0.25, 0.3) is 0 Å². The molecule has 1 fully saturated rings. The number of nitrogens with zero attached hydrogens (tertiary/aromatic N) is 2. The number of ether oxygens (including phenoxy) is 6. The fourth-order valence-electron chi connectivity index (χ4n) is 4.19. The van der Waals surface area contributed by atoms with E-state index >= 15 is 0 Å². The van der Waals surface area contributed by atoms with Gasteiger partial charge in [-0.05, 0) is 19.3 Å². The van der Waals surface area contributed by atoms with Crippen molar-refractivity contribution in [1.29, 1.82) is 0 Å². The van der Waals surface area contributed by atoms with E-state index in [2.05, 4.69) is 22.6 Å². The van der Waals surface area contributed by atoms with E-state index in [1.54, 1.807) is 14.1 Å². The van der Waals surface area contributed by atoms with Gasteiger partial charge in [0, 0.05) is 38.1 Å². The molecule has 2 amide bonds. The predicted molar refractivity (Wildman–Crippen MR) is 137 cm³/mol. The highest BCUT2D eigenvalue weighted by Crippen LogP contribution is 2.36. The third-order valence-corrected chi connectivity index (χ3v) is 5.97. The van der Waals surface area contributed by atoms with Crippen LogP contribution in [-0.2, 0) is 57.2 Å². The van der Waals surface area contributed by atoms with Gasteiger partial charge >= 0.3 is 23.9 Å². The molecule has 0 aromatic rings. The molecule has 4 atom stereocenters. The van der Waals surface area contributed by atoms with Gasteiger partial charge in [0.05, 0.1) is 13.2 Å². The molecular weight excluding hydrogens is 532 g/mol. The number of hydrogen-bond donors (Lipinski definition) is 0. The Morgan fingerprint density at radius 2 is 1.12 bits per heavy atom. The van der Waals surface area contributed by atoms with E-state index in [0.29, 0.717) is 19.2 Å². The van der Waals surface area contributed by atoms with Gasteiger partial charge in [-0.2, -0.15) is 0 Å². The SMILES string of the molecule is C=CC(=O)OCC(=O)OCCOC(C1CCCC(C(OCCOC(=O)COC(=O)C=C)N(C)C=O)C1)N(C)C=O. The summed E-state index contributed by atoms with van der Waals surface area (Å²) in [5, 5.41) is 0. The zero-order valence-corrected chi connectivity index (χ0v) is 22.9. The molecule has 40 heavy (non-hydrogen) atoms. The molecule has 14 nitrogen and oxygen atoms in total. The van der Waals surface area contributed by atoms with Crippen molar-refractivity contribution in [3.8, 4) is 0 Å². The van der Waals surface area contributed by atoms with Gasteiger partial charge in [0.1, 0.15) is 25.7 Å². The van der Waals surface area contributed by atoms with E-state index < -0.39 is 49.5 Å². The Labute approximate surface area is 233 Å². The average molecular weight is 571 g/mol. The van der Waals surface area contributed by atoms with Crippen molar-refractivity contribution in [2.75, 3.05) is 53.7 Å². The van der Waals surface area contributed by atoms with Gasteiger partial charge in [-0.1, -0.05) is 19.6 Å². The molecule has 1 aliphatic carbocycles. The molecule has 0 heterocycles. The highest BCUT2D eigenvalue weighted by atomic mass is 16.6. The lowest BCUT2D eigenvalue weighted by molar-refractivity contribution is -0.165. The summed E-state index contributed by atoms with van der Waals surface area (Å²) in [6, 6.07) is 0. The van der Waals surface area contributed by atoms with Crippen LogP contribution in [0.2, 0.25) is 0 Å². The Kier molecular flexibility index (Phi) is 16.5. The minimum absolute atomic E-state index is 0.00714. The normalized spacial score (nSPS) is 17.8. The van der Waals surface area contributed by atoms with Crippen LogP contribution in [0.1, 0.15) is 25.7 Å². The van der Waals surface area contributed by atoms with Crippen LogP contribution in [0.25, 0.3) is 0 Å². The number of rotatable bonds is 20. The second kappa shape index (κ2) is 19.3. The minimum atomic E-state index is -0.753. The van der Waals surface area contributed by atoms with E-state index in [1.807, 2.05) is 0 Å². The molecule has 14 heteroatoms. The molecular formula is C26H38N2O12. The van der Waals surface area contributed by atoms with Crippen LogP contribution in [0.15, 0.2) is 25.3 Å². The van der Waals surface area contributed by atoms with Crippen LogP contribution in [0, 0.1) is 11.8 Å². The zero-order valence-electron chi connectivity index (χ0n) is 22.9. The number of hydrogen-bond acceptors (Lipinski definition) is 12. The van der Waals surface area contributed by atoms with Crippen LogP contribution in [-0.4, -0.2) is 113 Å². The van der Waals surface area contributed by atoms with Crippen molar-refractivity contribution < 1.29 is 57.2 Å². The van der Waals surface area contributed by atoms with Crippen LogP contribution in [0.4, 0.5) is 0 Å². The Balaban J connectivity index is 2.65. The lowest BCUT2D eigenvalue weighted by atomic mass is 9.79. The summed E-state index contributed by atoms with van der Waals surface area (Å²) < 4.78 is 31.0. The Morgan fingerprint density at radius 1 is 0.725 bits per heavy atom. The number of esters is 4. The molecule has 4 unspecified atom stereocenters. The first-order valence-electron chi connectivity index (χ1n) is 12.6. The van der Waals surface area contributed by atoms with E-state index in [-0.39, 0.29) is 38.3 Å². The lowest BCUT2D eigenvalue weighted by Gasteiger charge is -2.41. The van der Waals surface area contributed by atoms with Gasteiger partial charge in [-0.15, -0.1) is 0 Å². The van der Waals surface area contributed by atoms with Crippen LogP contribution >= 0.6 is 0 Å². The summed E-state index contributed by atoms with van der Waals surface area (Å²) in [7, 11) is 3.16. The first kappa shape index (κ1) is 34.2. The Bertz CT molecular complexity index is 812. The summed E-state index contributed by atoms with van der Waals surface area (Å²) in [5.74, 6) is -3.22. The van der Waals surface area contributed by atoms with Gasteiger partial charge in [-0.3, -0.25) is 9.59 Å². The van der Waals surface area contributed by atoms with Gasteiger partial charge < -0.3 is 38.2 Å². The maximum atomic E-state index is 11.7. The first-order valence-corrected chi connectivity index (χ1v) is 12.6. The standard InChI is InChI=1S/C26H38N2O12/c1-5-21(31)39-15-23(33)35-10-12-37-25(27(3)17-29)19-8-7-9-20(14-19)26(28(4)18-30)38-13-11-36-24(34)16-40-22(32)6-2/h5-6,17-20,25-26H,1-2,7-16H2,3-4H3. The van der Waals surface area contributed by atoms with Crippen molar-refractivity contribution in [1.82, 2.24) is 9.80 Å². The summed E-state index contributed by atoms with van der Waals surface area (Å²) in [5.41, 5.74) is 0. The predicted octanol–water partition coefficient (Wildman–Crippen LogP) is 0.199. The Hall–Kier alpha value is -3.78. The highest BCUT2D eigenvalue weighted by molar-refractivity contribution is 5.84. The van der Waals surface area contributed by atoms with Crippen molar-refractivity contribution >= 4 is 36.7 Å². The molecule has 0 spiro atoms. The summed E-state index contributed by atoms with van der Waals surface area (Å²) >= 11 is 0. The maximum Gasteiger partial charge on any atom is 0.344 e. The van der Waals surface area contributed by atoms with Gasteiger partial charge in [0.15, 0.2) is 13.2 Å². The molecule has 0 aromatic carbocycles. The third-order valence-electron chi connectivity index (χ3n) is 5.97. The lowest BCUT2D eigenvalue weighted by Crippen LogP contribution is -2.46. The summed E-state index contributed by atoms with van der Waals surface area (Å²) in [6.45, 7) is 5.10. The largest absolute Gasteiger partial charge is 0.461 e. The molecule has 1 saturated carbocycles. The maximum absolute atomic E-state index is 11.7. The summed E-state index contributed by atoms with van der Waals surface area (Å²) in [6.07, 6.45) is 4.71. The Morgan fingerprint density at radius 3 is 1.48 bits per heavy atom. The number of carbonyl (C=O) groups excluding carboxylic acids is 6. The average Bonchev–Trinajstić information content (AvgIpc) is 2.97. The van der Waals surface area contributed by atoms with E-state index in [1.165, 1.54) is 9.80 Å². The van der Waals surface area contributed by atoms with Crippen LogP contribution in [0.3, 0.4) is 0 Å². The van der Waals surface area contributed by atoms with Gasteiger partial charge in [0.2, 0.25) is 12.8 Å².